The molecule has 1 unspecified atom stereocenters. The molecule has 2 rings (SSSR count). The van der Waals surface area contributed by atoms with Crippen LogP contribution in [0.5, 0.6) is 0 Å². The molecule has 0 bridgehead atoms. The predicted octanol–water partition coefficient (Wildman–Crippen LogP) is 1.50. The summed E-state index contributed by atoms with van der Waals surface area (Å²) in [6, 6.07) is 6.59. The van der Waals surface area contributed by atoms with Crippen molar-refractivity contribution in [2.24, 2.45) is 4.99 Å². The van der Waals surface area contributed by atoms with E-state index < -0.39 is 0 Å². The highest BCUT2D eigenvalue weighted by molar-refractivity contribution is 5.80. The summed E-state index contributed by atoms with van der Waals surface area (Å²) in [5.74, 6) is 0.650. The molecule has 5 nitrogen and oxygen atoms in total. The Hall–Kier alpha value is -2.11. The van der Waals surface area contributed by atoms with E-state index in [2.05, 4.69) is 15.6 Å². The number of carbonyl (C=O) groups excluding carboxylic acids is 1. The van der Waals surface area contributed by atoms with Crippen molar-refractivity contribution in [1.29, 1.82) is 0 Å². The number of benzene rings is 1. The van der Waals surface area contributed by atoms with E-state index in [1.165, 1.54) is 12.1 Å². The number of halogens is 1. The molecule has 22 heavy (non-hydrogen) atoms. The highest BCUT2D eigenvalue weighted by Crippen LogP contribution is 2.10. The van der Waals surface area contributed by atoms with E-state index in [9.17, 15) is 9.18 Å². The SMILES string of the molecule is CCC(=O)N1CCC(NC(=NC)NCc2ccc(F)cc2)C1. The normalized spacial score (nSPS) is 18.4. The topological polar surface area (TPSA) is 56.7 Å². The van der Waals surface area contributed by atoms with Crippen LogP contribution in [0.4, 0.5) is 4.39 Å². The zero-order chi connectivity index (χ0) is 15.9. The molecule has 0 aliphatic carbocycles. The van der Waals surface area contributed by atoms with E-state index in [0.717, 1.165) is 18.5 Å². The van der Waals surface area contributed by atoms with Crippen molar-refractivity contribution in [1.82, 2.24) is 15.5 Å². The summed E-state index contributed by atoms with van der Waals surface area (Å²) in [6.45, 7) is 3.96. The summed E-state index contributed by atoms with van der Waals surface area (Å²) in [4.78, 5) is 17.7. The molecule has 1 atom stereocenters. The Labute approximate surface area is 130 Å². The smallest absolute Gasteiger partial charge is 0.222 e. The van der Waals surface area contributed by atoms with Crippen LogP contribution >= 0.6 is 0 Å². The van der Waals surface area contributed by atoms with Crippen LogP contribution in [0.1, 0.15) is 25.3 Å². The van der Waals surface area contributed by atoms with Crippen LogP contribution in [-0.4, -0.2) is 42.9 Å². The molecule has 0 saturated carbocycles. The van der Waals surface area contributed by atoms with Crippen LogP contribution in [0.25, 0.3) is 0 Å². The van der Waals surface area contributed by atoms with Gasteiger partial charge < -0.3 is 15.5 Å². The Morgan fingerprint density at radius 2 is 2.14 bits per heavy atom. The number of likely N-dealkylation sites (tertiary alicyclic amines) is 1. The Bertz CT molecular complexity index is 529. The molecular formula is C16H23FN4O. The lowest BCUT2D eigenvalue weighted by molar-refractivity contribution is -0.129. The Kier molecular flexibility index (Phi) is 5.75. The fourth-order valence-electron chi connectivity index (χ4n) is 2.50. The molecule has 1 aliphatic heterocycles. The number of hydrogen-bond acceptors (Lipinski definition) is 2. The van der Waals surface area contributed by atoms with Gasteiger partial charge in [0, 0.05) is 39.1 Å². The van der Waals surface area contributed by atoms with Crippen molar-refractivity contribution in [3.8, 4) is 0 Å². The van der Waals surface area contributed by atoms with Gasteiger partial charge in [-0.2, -0.15) is 0 Å². The lowest BCUT2D eigenvalue weighted by atomic mass is 10.2. The van der Waals surface area contributed by atoms with E-state index in [-0.39, 0.29) is 17.8 Å². The molecule has 1 aromatic carbocycles. The second-order valence-corrected chi connectivity index (χ2v) is 5.38. The van der Waals surface area contributed by atoms with E-state index in [0.29, 0.717) is 25.5 Å². The van der Waals surface area contributed by atoms with Crippen molar-refractivity contribution in [2.75, 3.05) is 20.1 Å². The van der Waals surface area contributed by atoms with Crippen molar-refractivity contribution in [2.45, 2.75) is 32.4 Å². The zero-order valence-corrected chi connectivity index (χ0v) is 13.1. The van der Waals surface area contributed by atoms with Crippen LogP contribution in [0.15, 0.2) is 29.3 Å². The summed E-state index contributed by atoms with van der Waals surface area (Å²) >= 11 is 0. The van der Waals surface area contributed by atoms with Gasteiger partial charge in [0.25, 0.3) is 0 Å². The van der Waals surface area contributed by atoms with Crippen molar-refractivity contribution in [3.63, 3.8) is 0 Å². The van der Waals surface area contributed by atoms with Gasteiger partial charge in [-0.3, -0.25) is 9.79 Å². The average molecular weight is 306 g/mol. The third-order valence-corrected chi connectivity index (χ3v) is 3.78. The molecule has 1 aromatic rings. The predicted molar refractivity (Wildman–Crippen MR) is 85.0 cm³/mol. The Balaban J connectivity index is 1.81. The molecule has 0 radical (unpaired) electrons. The third kappa shape index (κ3) is 4.44. The highest BCUT2D eigenvalue weighted by Gasteiger charge is 2.25. The van der Waals surface area contributed by atoms with Crippen LogP contribution in [-0.2, 0) is 11.3 Å². The standard InChI is InChI=1S/C16H23FN4O/c1-3-15(22)21-9-8-14(11-21)20-16(18-2)19-10-12-4-6-13(17)7-5-12/h4-7,14H,3,8-11H2,1-2H3,(H2,18,19,20). The van der Waals surface area contributed by atoms with Gasteiger partial charge in [0.05, 0.1) is 0 Å². The quantitative estimate of drug-likeness (QED) is 0.655. The number of hydrogen-bond donors (Lipinski definition) is 2. The van der Waals surface area contributed by atoms with Crippen LogP contribution in [0.3, 0.4) is 0 Å². The molecule has 1 fully saturated rings. The van der Waals surface area contributed by atoms with Crippen LogP contribution in [0.2, 0.25) is 0 Å². The second-order valence-electron chi connectivity index (χ2n) is 5.38. The van der Waals surface area contributed by atoms with Gasteiger partial charge in [0.15, 0.2) is 5.96 Å². The maximum Gasteiger partial charge on any atom is 0.222 e. The average Bonchev–Trinajstić information content (AvgIpc) is 3.00. The summed E-state index contributed by atoms with van der Waals surface area (Å²) in [7, 11) is 1.71. The molecule has 1 aliphatic rings. The van der Waals surface area contributed by atoms with Gasteiger partial charge in [-0.15, -0.1) is 0 Å². The number of nitrogens with one attached hydrogen (secondary N) is 2. The number of amides is 1. The molecule has 1 saturated heterocycles. The maximum atomic E-state index is 12.9. The lowest BCUT2D eigenvalue weighted by Gasteiger charge is -2.18. The first-order valence-electron chi connectivity index (χ1n) is 7.61. The number of carbonyl (C=O) groups is 1. The van der Waals surface area contributed by atoms with E-state index in [1.54, 1.807) is 19.2 Å². The number of guanidine groups is 1. The minimum Gasteiger partial charge on any atom is -0.352 e. The third-order valence-electron chi connectivity index (χ3n) is 3.78. The molecule has 0 aromatic heterocycles. The first-order chi connectivity index (χ1) is 10.6. The van der Waals surface area contributed by atoms with Gasteiger partial charge in [0.1, 0.15) is 5.82 Å². The molecule has 120 valence electrons. The first kappa shape index (κ1) is 16.3. The monoisotopic (exact) mass is 306 g/mol. The van der Waals surface area contributed by atoms with Crippen molar-refractivity contribution < 1.29 is 9.18 Å². The van der Waals surface area contributed by atoms with E-state index >= 15 is 0 Å². The van der Waals surface area contributed by atoms with E-state index in [1.807, 2.05) is 11.8 Å². The second kappa shape index (κ2) is 7.77. The maximum absolute atomic E-state index is 12.9. The zero-order valence-electron chi connectivity index (χ0n) is 13.1. The van der Waals surface area contributed by atoms with Crippen molar-refractivity contribution in [3.05, 3.63) is 35.6 Å². The molecular weight excluding hydrogens is 283 g/mol. The van der Waals surface area contributed by atoms with Crippen LogP contribution < -0.4 is 10.6 Å². The fraction of sp³-hybridized carbons (Fsp3) is 0.500. The molecule has 0 spiro atoms. The minimum atomic E-state index is -0.238. The Morgan fingerprint density at radius 3 is 2.77 bits per heavy atom. The van der Waals surface area contributed by atoms with Gasteiger partial charge in [-0.1, -0.05) is 19.1 Å². The molecule has 1 amide bonds. The van der Waals surface area contributed by atoms with Crippen molar-refractivity contribution >= 4 is 11.9 Å². The van der Waals surface area contributed by atoms with Gasteiger partial charge in [0.2, 0.25) is 5.91 Å². The number of nitrogens with zero attached hydrogens (tertiary/aromatic N) is 2. The molecule has 1 heterocycles. The molecule has 2 N–H and O–H groups in total. The van der Waals surface area contributed by atoms with Gasteiger partial charge in [-0.05, 0) is 24.1 Å². The fourth-order valence-corrected chi connectivity index (χ4v) is 2.50. The van der Waals surface area contributed by atoms with Gasteiger partial charge in [-0.25, -0.2) is 4.39 Å². The number of rotatable bonds is 4. The van der Waals surface area contributed by atoms with Crippen LogP contribution in [0, 0.1) is 5.82 Å². The largest absolute Gasteiger partial charge is 0.352 e. The number of aliphatic imine (C=N–C) groups is 1. The summed E-state index contributed by atoms with van der Waals surface area (Å²) in [5.41, 5.74) is 0.985. The Morgan fingerprint density at radius 1 is 1.41 bits per heavy atom. The highest BCUT2D eigenvalue weighted by atomic mass is 19.1. The summed E-state index contributed by atoms with van der Waals surface area (Å²) in [5, 5.41) is 6.53. The van der Waals surface area contributed by atoms with Gasteiger partial charge >= 0.3 is 0 Å². The molecule has 6 heteroatoms. The van der Waals surface area contributed by atoms with E-state index in [4.69, 9.17) is 0 Å². The first-order valence-corrected chi connectivity index (χ1v) is 7.61. The summed E-state index contributed by atoms with van der Waals surface area (Å²) in [6.07, 6.45) is 1.47. The minimum absolute atomic E-state index is 0.193. The summed E-state index contributed by atoms with van der Waals surface area (Å²) < 4.78 is 12.9. The lowest BCUT2D eigenvalue weighted by Crippen LogP contribution is -2.44.